The fraction of sp³-hybridized carbons (Fsp3) is 0.538. The van der Waals surface area contributed by atoms with E-state index in [-0.39, 0.29) is 5.56 Å². The minimum Gasteiger partial charge on any atom is -0.324 e. The Balaban J connectivity index is 2.81. The number of halogens is 2. The van der Waals surface area contributed by atoms with Gasteiger partial charge in [0.25, 0.3) is 0 Å². The van der Waals surface area contributed by atoms with Gasteiger partial charge in [0.2, 0.25) is 0 Å². The zero-order valence-electron chi connectivity index (χ0n) is 9.89. The topological polar surface area (TPSA) is 26.0 Å². The molecule has 1 unspecified atom stereocenters. The standard InChI is InChI=1S/C13H19F2N/c1-3-4-5-6-11(16)12-10(14)8-7-9(2)13(12)15/h7-8,11H,3-6,16H2,1-2H3. The molecule has 1 atom stereocenters. The number of rotatable bonds is 5. The summed E-state index contributed by atoms with van der Waals surface area (Å²) in [4.78, 5) is 0. The molecule has 1 aromatic rings. The number of nitrogens with two attached hydrogens (primary N) is 1. The van der Waals surface area contributed by atoms with Gasteiger partial charge in [0.05, 0.1) is 0 Å². The SMILES string of the molecule is CCCCCC(N)c1c(F)ccc(C)c1F. The Morgan fingerprint density at radius 3 is 2.56 bits per heavy atom. The van der Waals surface area contributed by atoms with Crippen LogP contribution in [0.25, 0.3) is 0 Å². The first-order valence-corrected chi connectivity index (χ1v) is 5.78. The molecule has 16 heavy (non-hydrogen) atoms. The van der Waals surface area contributed by atoms with Crippen molar-refractivity contribution in [2.75, 3.05) is 0 Å². The van der Waals surface area contributed by atoms with Gasteiger partial charge in [-0.3, -0.25) is 0 Å². The van der Waals surface area contributed by atoms with Gasteiger partial charge in [-0.25, -0.2) is 8.78 Å². The normalized spacial score (nSPS) is 12.8. The monoisotopic (exact) mass is 227 g/mol. The highest BCUT2D eigenvalue weighted by atomic mass is 19.1. The van der Waals surface area contributed by atoms with Crippen LogP contribution in [-0.2, 0) is 0 Å². The lowest BCUT2D eigenvalue weighted by molar-refractivity contribution is 0.494. The number of benzene rings is 1. The minimum atomic E-state index is -0.536. The van der Waals surface area contributed by atoms with Crippen LogP contribution in [-0.4, -0.2) is 0 Å². The van der Waals surface area contributed by atoms with Crippen molar-refractivity contribution in [2.24, 2.45) is 5.73 Å². The van der Waals surface area contributed by atoms with E-state index in [1.54, 1.807) is 6.92 Å². The highest BCUT2D eigenvalue weighted by molar-refractivity contribution is 5.28. The van der Waals surface area contributed by atoms with E-state index in [4.69, 9.17) is 5.73 Å². The number of unbranched alkanes of at least 4 members (excludes halogenated alkanes) is 2. The summed E-state index contributed by atoms with van der Waals surface area (Å²) in [5, 5.41) is 0. The molecule has 0 heterocycles. The fourth-order valence-electron chi connectivity index (χ4n) is 1.78. The first kappa shape index (κ1) is 13.1. The molecule has 0 aliphatic rings. The molecule has 0 aliphatic carbocycles. The van der Waals surface area contributed by atoms with Gasteiger partial charge in [0, 0.05) is 11.6 Å². The van der Waals surface area contributed by atoms with E-state index in [0.717, 1.165) is 19.3 Å². The maximum absolute atomic E-state index is 13.7. The third-order valence-electron chi connectivity index (χ3n) is 2.81. The molecule has 0 saturated carbocycles. The summed E-state index contributed by atoms with van der Waals surface area (Å²) in [6.07, 6.45) is 3.66. The van der Waals surface area contributed by atoms with Gasteiger partial charge >= 0.3 is 0 Å². The van der Waals surface area contributed by atoms with Crippen LogP contribution < -0.4 is 5.73 Å². The number of aryl methyl sites for hydroxylation is 1. The van der Waals surface area contributed by atoms with Crippen LogP contribution in [0.5, 0.6) is 0 Å². The van der Waals surface area contributed by atoms with E-state index in [1.165, 1.54) is 12.1 Å². The zero-order valence-corrected chi connectivity index (χ0v) is 9.89. The summed E-state index contributed by atoms with van der Waals surface area (Å²) in [5.41, 5.74) is 6.31. The van der Waals surface area contributed by atoms with Crippen molar-refractivity contribution in [1.82, 2.24) is 0 Å². The maximum Gasteiger partial charge on any atom is 0.133 e. The van der Waals surface area contributed by atoms with Gasteiger partial charge in [0.15, 0.2) is 0 Å². The summed E-state index contributed by atoms with van der Waals surface area (Å²) in [6.45, 7) is 3.70. The summed E-state index contributed by atoms with van der Waals surface area (Å²) in [6, 6.07) is 2.19. The molecule has 0 radical (unpaired) electrons. The predicted molar refractivity (Wildman–Crippen MR) is 62.2 cm³/mol. The van der Waals surface area contributed by atoms with Gasteiger partial charge in [-0.15, -0.1) is 0 Å². The second-order valence-corrected chi connectivity index (χ2v) is 4.19. The van der Waals surface area contributed by atoms with E-state index < -0.39 is 17.7 Å². The number of hydrogen-bond acceptors (Lipinski definition) is 1. The van der Waals surface area contributed by atoms with Crippen molar-refractivity contribution in [3.05, 3.63) is 34.9 Å². The van der Waals surface area contributed by atoms with Gasteiger partial charge in [-0.2, -0.15) is 0 Å². The van der Waals surface area contributed by atoms with E-state index in [2.05, 4.69) is 6.92 Å². The first-order chi connectivity index (χ1) is 7.57. The third-order valence-corrected chi connectivity index (χ3v) is 2.81. The zero-order chi connectivity index (χ0) is 12.1. The van der Waals surface area contributed by atoms with Crippen molar-refractivity contribution in [3.63, 3.8) is 0 Å². The van der Waals surface area contributed by atoms with Crippen LogP contribution in [0, 0.1) is 18.6 Å². The molecule has 1 nitrogen and oxygen atoms in total. The van der Waals surface area contributed by atoms with Crippen molar-refractivity contribution >= 4 is 0 Å². The number of hydrogen-bond donors (Lipinski definition) is 1. The first-order valence-electron chi connectivity index (χ1n) is 5.78. The predicted octanol–water partition coefficient (Wildman–Crippen LogP) is 3.85. The Hall–Kier alpha value is -0.960. The average Bonchev–Trinajstić information content (AvgIpc) is 2.24. The van der Waals surface area contributed by atoms with Crippen molar-refractivity contribution in [3.8, 4) is 0 Å². The Labute approximate surface area is 95.7 Å². The third kappa shape index (κ3) is 3.01. The maximum atomic E-state index is 13.7. The average molecular weight is 227 g/mol. The van der Waals surface area contributed by atoms with Crippen molar-refractivity contribution in [1.29, 1.82) is 0 Å². The molecule has 0 fully saturated rings. The molecule has 0 aromatic heterocycles. The Morgan fingerprint density at radius 2 is 1.94 bits per heavy atom. The molecule has 0 spiro atoms. The lowest BCUT2D eigenvalue weighted by Gasteiger charge is -2.14. The van der Waals surface area contributed by atoms with Gasteiger partial charge < -0.3 is 5.73 Å². The molecule has 2 N–H and O–H groups in total. The van der Waals surface area contributed by atoms with E-state index in [9.17, 15) is 8.78 Å². The smallest absolute Gasteiger partial charge is 0.133 e. The van der Waals surface area contributed by atoms with Crippen LogP contribution in [0.4, 0.5) is 8.78 Å². The molecule has 0 saturated heterocycles. The molecule has 90 valence electrons. The highest BCUT2D eigenvalue weighted by Crippen LogP contribution is 2.25. The van der Waals surface area contributed by atoms with Crippen LogP contribution in [0.15, 0.2) is 12.1 Å². The van der Waals surface area contributed by atoms with Crippen LogP contribution in [0.2, 0.25) is 0 Å². The highest BCUT2D eigenvalue weighted by Gasteiger charge is 2.17. The molecule has 0 amide bonds. The van der Waals surface area contributed by atoms with Gasteiger partial charge in [0.1, 0.15) is 11.6 Å². The lowest BCUT2D eigenvalue weighted by atomic mass is 9.98. The van der Waals surface area contributed by atoms with Crippen molar-refractivity contribution in [2.45, 2.75) is 45.6 Å². The molecule has 1 aromatic carbocycles. The lowest BCUT2D eigenvalue weighted by Crippen LogP contribution is -2.15. The summed E-state index contributed by atoms with van der Waals surface area (Å²) in [7, 11) is 0. The fourth-order valence-corrected chi connectivity index (χ4v) is 1.78. The molecular weight excluding hydrogens is 208 g/mol. The molecular formula is C13H19F2N. The van der Waals surface area contributed by atoms with Gasteiger partial charge in [-0.05, 0) is 25.0 Å². The van der Waals surface area contributed by atoms with E-state index in [0.29, 0.717) is 12.0 Å². The quantitative estimate of drug-likeness (QED) is 0.759. The second-order valence-electron chi connectivity index (χ2n) is 4.19. The summed E-state index contributed by atoms with van der Waals surface area (Å²) >= 11 is 0. The largest absolute Gasteiger partial charge is 0.324 e. The molecule has 3 heteroatoms. The summed E-state index contributed by atoms with van der Waals surface area (Å²) in [5.74, 6) is -1.03. The molecule has 1 rings (SSSR count). The second kappa shape index (κ2) is 5.94. The minimum absolute atomic E-state index is 0.0381. The van der Waals surface area contributed by atoms with E-state index >= 15 is 0 Å². The Bertz CT molecular complexity index is 350. The van der Waals surface area contributed by atoms with Crippen LogP contribution in [0.1, 0.15) is 49.8 Å². The van der Waals surface area contributed by atoms with Crippen LogP contribution in [0.3, 0.4) is 0 Å². The summed E-state index contributed by atoms with van der Waals surface area (Å²) < 4.78 is 27.2. The molecule has 0 aliphatic heterocycles. The Morgan fingerprint density at radius 1 is 1.25 bits per heavy atom. The Kier molecular flexibility index (Phi) is 4.87. The molecule has 0 bridgehead atoms. The van der Waals surface area contributed by atoms with Crippen LogP contribution >= 0.6 is 0 Å². The van der Waals surface area contributed by atoms with Gasteiger partial charge in [-0.1, -0.05) is 32.3 Å². The van der Waals surface area contributed by atoms with Crippen molar-refractivity contribution < 1.29 is 8.78 Å². The van der Waals surface area contributed by atoms with E-state index in [1.807, 2.05) is 0 Å².